The summed E-state index contributed by atoms with van der Waals surface area (Å²) in [6, 6.07) is 6.43. The Morgan fingerprint density at radius 3 is 2.81 bits per heavy atom. The van der Waals surface area contributed by atoms with Crippen LogP contribution in [0.1, 0.15) is 45.2 Å². The topological polar surface area (TPSA) is 76.7 Å². The summed E-state index contributed by atoms with van der Waals surface area (Å²) in [5.41, 5.74) is 1.59. The first-order chi connectivity index (χ1) is 12.6. The molecule has 1 heterocycles. The van der Waals surface area contributed by atoms with E-state index in [1.54, 1.807) is 13.0 Å². The van der Waals surface area contributed by atoms with Crippen molar-refractivity contribution in [2.75, 3.05) is 13.2 Å². The van der Waals surface area contributed by atoms with Crippen LogP contribution in [-0.4, -0.2) is 25.2 Å². The molecular weight excluding hydrogens is 332 g/mol. The molecule has 2 N–H and O–H groups in total. The molecule has 1 aromatic rings. The highest BCUT2D eigenvalue weighted by molar-refractivity contribution is 5.95. The maximum Gasteiger partial charge on any atom is 0.338 e. The monoisotopic (exact) mass is 358 g/mol. The first-order valence-electron chi connectivity index (χ1n) is 8.86. The number of unbranched alkanes of at least 4 members (excludes halogenated alkanes) is 1. The summed E-state index contributed by atoms with van der Waals surface area (Å²) < 4.78 is 11.2. The van der Waals surface area contributed by atoms with Crippen LogP contribution in [-0.2, 0) is 9.53 Å². The maximum atomic E-state index is 12.6. The Morgan fingerprint density at radius 1 is 1.31 bits per heavy atom. The minimum atomic E-state index is -0.625. The molecular formula is C20H26N2O4. The van der Waals surface area contributed by atoms with E-state index in [1.807, 2.05) is 37.3 Å². The molecule has 1 atom stereocenters. The number of ether oxygens (including phenoxy) is 2. The van der Waals surface area contributed by atoms with Crippen LogP contribution in [0.3, 0.4) is 0 Å². The van der Waals surface area contributed by atoms with Crippen molar-refractivity contribution in [3.63, 3.8) is 0 Å². The average Bonchev–Trinajstić information content (AvgIpc) is 2.62. The predicted molar refractivity (Wildman–Crippen MR) is 99.7 cm³/mol. The second-order valence-electron chi connectivity index (χ2n) is 5.98. The van der Waals surface area contributed by atoms with Crippen LogP contribution in [0.25, 0.3) is 0 Å². The van der Waals surface area contributed by atoms with Gasteiger partial charge in [0.15, 0.2) is 0 Å². The zero-order chi connectivity index (χ0) is 18.9. The van der Waals surface area contributed by atoms with Crippen LogP contribution in [0.4, 0.5) is 4.79 Å². The highest BCUT2D eigenvalue weighted by Crippen LogP contribution is 2.33. The van der Waals surface area contributed by atoms with Crippen molar-refractivity contribution in [3.05, 3.63) is 53.3 Å². The van der Waals surface area contributed by atoms with E-state index in [-0.39, 0.29) is 12.6 Å². The number of nitrogens with one attached hydrogen (secondary N) is 2. The molecule has 0 spiro atoms. The van der Waals surface area contributed by atoms with Gasteiger partial charge >= 0.3 is 12.0 Å². The number of rotatable bonds is 8. The van der Waals surface area contributed by atoms with Gasteiger partial charge in [0, 0.05) is 11.3 Å². The minimum Gasteiger partial charge on any atom is -0.493 e. The van der Waals surface area contributed by atoms with Crippen molar-refractivity contribution in [1.82, 2.24) is 10.6 Å². The average molecular weight is 358 g/mol. The van der Waals surface area contributed by atoms with E-state index < -0.39 is 12.0 Å². The number of amides is 2. The number of benzene rings is 1. The van der Waals surface area contributed by atoms with Crippen LogP contribution in [0.2, 0.25) is 0 Å². The van der Waals surface area contributed by atoms with Crippen LogP contribution in [0.5, 0.6) is 5.75 Å². The van der Waals surface area contributed by atoms with Crippen molar-refractivity contribution in [1.29, 1.82) is 0 Å². The number of urea groups is 1. The summed E-state index contributed by atoms with van der Waals surface area (Å²) in [6.45, 7) is 6.40. The van der Waals surface area contributed by atoms with Gasteiger partial charge in [-0.25, -0.2) is 9.59 Å². The molecule has 6 heteroatoms. The molecule has 0 aromatic heterocycles. The summed E-state index contributed by atoms with van der Waals surface area (Å²) in [5, 5.41) is 5.45. The third kappa shape index (κ3) is 4.88. The van der Waals surface area contributed by atoms with E-state index in [9.17, 15) is 9.59 Å². The number of para-hydroxylation sites is 1. The number of carbonyl (C=O) groups is 2. The molecule has 2 rings (SSSR count). The van der Waals surface area contributed by atoms with E-state index in [2.05, 4.69) is 17.6 Å². The third-order valence-corrected chi connectivity index (χ3v) is 4.02. The summed E-state index contributed by atoms with van der Waals surface area (Å²) >= 11 is 0. The Balaban J connectivity index is 2.34. The lowest BCUT2D eigenvalue weighted by Crippen LogP contribution is -2.45. The van der Waals surface area contributed by atoms with Gasteiger partial charge in [0.25, 0.3) is 0 Å². The maximum absolute atomic E-state index is 12.6. The Bertz CT molecular complexity index is 710. The third-order valence-electron chi connectivity index (χ3n) is 4.02. The fourth-order valence-corrected chi connectivity index (χ4v) is 2.67. The second kappa shape index (κ2) is 9.65. The fraction of sp³-hybridized carbons (Fsp3) is 0.400. The molecule has 1 aliphatic rings. The summed E-state index contributed by atoms with van der Waals surface area (Å²) in [7, 11) is 0. The van der Waals surface area contributed by atoms with Gasteiger partial charge in [-0.3, -0.25) is 0 Å². The molecule has 0 aliphatic carbocycles. The van der Waals surface area contributed by atoms with Crippen molar-refractivity contribution in [3.8, 4) is 5.75 Å². The molecule has 1 aliphatic heterocycles. The van der Waals surface area contributed by atoms with E-state index in [0.717, 1.165) is 18.4 Å². The van der Waals surface area contributed by atoms with Gasteiger partial charge in [-0.15, -0.1) is 0 Å². The van der Waals surface area contributed by atoms with Gasteiger partial charge in [0.1, 0.15) is 12.4 Å². The summed E-state index contributed by atoms with van der Waals surface area (Å²) in [6.07, 6.45) is 5.51. The highest BCUT2D eigenvalue weighted by atomic mass is 16.5. The van der Waals surface area contributed by atoms with Gasteiger partial charge in [-0.05, 0) is 26.3 Å². The standard InChI is InChI=1S/C20H26N2O4/c1-4-6-12-25-16-11-9-8-10-15(16)18-17(14(3)21-20(24)22-18)19(23)26-13-7-5-2/h5,7-11,18H,4,6,12-13H2,1-3H3,(H2,21,22,24)/b7-5+. The fourth-order valence-electron chi connectivity index (χ4n) is 2.67. The molecule has 26 heavy (non-hydrogen) atoms. The van der Waals surface area contributed by atoms with Gasteiger partial charge in [0.05, 0.1) is 18.2 Å². The molecule has 2 amide bonds. The number of allylic oxidation sites excluding steroid dienone is 2. The van der Waals surface area contributed by atoms with E-state index in [4.69, 9.17) is 9.47 Å². The Labute approximate surface area is 154 Å². The largest absolute Gasteiger partial charge is 0.493 e. The van der Waals surface area contributed by atoms with E-state index >= 15 is 0 Å². The zero-order valence-corrected chi connectivity index (χ0v) is 15.5. The molecule has 6 nitrogen and oxygen atoms in total. The number of esters is 1. The van der Waals surface area contributed by atoms with Crippen LogP contribution < -0.4 is 15.4 Å². The van der Waals surface area contributed by atoms with Gasteiger partial charge < -0.3 is 20.1 Å². The number of hydrogen-bond donors (Lipinski definition) is 2. The molecule has 0 fully saturated rings. The molecule has 1 unspecified atom stereocenters. The lowest BCUT2D eigenvalue weighted by atomic mass is 9.95. The van der Waals surface area contributed by atoms with Gasteiger partial charge in [-0.2, -0.15) is 0 Å². The van der Waals surface area contributed by atoms with Gasteiger partial charge in [0.2, 0.25) is 0 Å². The Kier molecular flexibility index (Phi) is 7.26. The highest BCUT2D eigenvalue weighted by Gasteiger charge is 2.33. The lowest BCUT2D eigenvalue weighted by Gasteiger charge is -2.29. The molecule has 0 radical (unpaired) electrons. The molecule has 0 bridgehead atoms. The van der Waals surface area contributed by atoms with Crippen molar-refractivity contribution in [2.45, 2.75) is 39.7 Å². The summed E-state index contributed by atoms with van der Waals surface area (Å²) in [5.74, 6) is 0.182. The van der Waals surface area contributed by atoms with Crippen molar-refractivity contribution >= 4 is 12.0 Å². The van der Waals surface area contributed by atoms with Crippen LogP contribution in [0, 0.1) is 0 Å². The zero-order valence-electron chi connectivity index (χ0n) is 15.5. The summed E-state index contributed by atoms with van der Waals surface area (Å²) in [4.78, 5) is 24.6. The predicted octanol–water partition coefficient (Wildman–Crippen LogP) is 3.61. The molecule has 140 valence electrons. The molecule has 1 aromatic carbocycles. The van der Waals surface area contributed by atoms with E-state index in [0.29, 0.717) is 23.6 Å². The Morgan fingerprint density at radius 2 is 2.08 bits per heavy atom. The number of hydrogen-bond acceptors (Lipinski definition) is 4. The van der Waals surface area contributed by atoms with E-state index in [1.165, 1.54) is 0 Å². The lowest BCUT2D eigenvalue weighted by molar-refractivity contribution is -0.138. The van der Waals surface area contributed by atoms with Crippen molar-refractivity contribution < 1.29 is 19.1 Å². The number of carbonyl (C=O) groups excluding carboxylic acids is 2. The molecule has 0 saturated carbocycles. The minimum absolute atomic E-state index is 0.182. The van der Waals surface area contributed by atoms with Crippen LogP contribution >= 0.6 is 0 Å². The van der Waals surface area contributed by atoms with Gasteiger partial charge in [-0.1, -0.05) is 43.7 Å². The quantitative estimate of drug-likeness (QED) is 0.423. The normalized spacial score (nSPS) is 17.0. The first kappa shape index (κ1) is 19.6. The Hall–Kier alpha value is -2.76. The second-order valence-corrected chi connectivity index (χ2v) is 5.98. The van der Waals surface area contributed by atoms with Crippen molar-refractivity contribution in [2.24, 2.45) is 0 Å². The smallest absolute Gasteiger partial charge is 0.338 e. The van der Waals surface area contributed by atoms with Crippen LogP contribution in [0.15, 0.2) is 47.7 Å². The SMILES string of the molecule is C/C=C/COC(=O)C1=C(C)NC(=O)NC1c1ccccc1OCCCC. The molecule has 0 saturated heterocycles. The first-order valence-corrected chi connectivity index (χ1v) is 8.86.